The summed E-state index contributed by atoms with van der Waals surface area (Å²) in [5.41, 5.74) is -0.144. The molecule has 2 aromatic rings. The van der Waals surface area contributed by atoms with Crippen molar-refractivity contribution in [1.82, 2.24) is 0 Å². The summed E-state index contributed by atoms with van der Waals surface area (Å²) in [6.07, 6.45) is 1.65. The number of carbonyl (C=O) groups is 2. The van der Waals surface area contributed by atoms with Crippen LogP contribution in [0.2, 0.25) is 0 Å². The van der Waals surface area contributed by atoms with E-state index in [0.29, 0.717) is 6.42 Å². The SMILES string of the molecule is O=C(COC(=O)CCCc1cccs1)Nc1ccccc1[N+](=O)[O-]. The minimum atomic E-state index is -0.615. The van der Waals surface area contributed by atoms with Gasteiger partial charge in [0.1, 0.15) is 5.69 Å². The highest BCUT2D eigenvalue weighted by Crippen LogP contribution is 2.22. The van der Waals surface area contributed by atoms with Gasteiger partial charge in [-0.15, -0.1) is 11.3 Å². The van der Waals surface area contributed by atoms with Crippen molar-refractivity contribution in [1.29, 1.82) is 0 Å². The minimum Gasteiger partial charge on any atom is -0.456 e. The van der Waals surface area contributed by atoms with Crippen LogP contribution in [0.3, 0.4) is 0 Å². The molecule has 8 heteroatoms. The van der Waals surface area contributed by atoms with Gasteiger partial charge in [-0.2, -0.15) is 0 Å². The molecular formula is C16H16N2O5S. The Labute approximate surface area is 142 Å². The number of hydrogen-bond donors (Lipinski definition) is 1. The maximum Gasteiger partial charge on any atom is 0.306 e. The second-order valence-electron chi connectivity index (χ2n) is 4.92. The van der Waals surface area contributed by atoms with E-state index in [1.54, 1.807) is 17.4 Å². The number of hydrogen-bond acceptors (Lipinski definition) is 6. The van der Waals surface area contributed by atoms with Gasteiger partial charge in [0.15, 0.2) is 6.61 Å². The second kappa shape index (κ2) is 8.78. The monoisotopic (exact) mass is 348 g/mol. The van der Waals surface area contributed by atoms with Crippen LogP contribution in [0.25, 0.3) is 0 Å². The first-order chi connectivity index (χ1) is 11.6. The van der Waals surface area contributed by atoms with E-state index in [9.17, 15) is 19.7 Å². The van der Waals surface area contributed by atoms with Gasteiger partial charge >= 0.3 is 5.97 Å². The van der Waals surface area contributed by atoms with E-state index >= 15 is 0 Å². The second-order valence-corrected chi connectivity index (χ2v) is 5.95. The predicted octanol–water partition coefficient (Wildman–Crippen LogP) is 3.16. The van der Waals surface area contributed by atoms with Crippen molar-refractivity contribution in [2.75, 3.05) is 11.9 Å². The molecule has 0 saturated carbocycles. The number of aryl methyl sites for hydroxylation is 1. The number of carbonyl (C=O) groups excluding carboxylic acids is 2. The first-order valence-electron chi connectivity index (χ1n) is 7.27. The fraction of sp³-hybridized carbons (Fsp3) is 0.250. The van der Waals surface area contributed by atoms with Crippen LogP contribution in [0.15, 0.2) is 41.8 Å². The van der Waals surface area contributed by atoms with Gasteiger partial charge in [0.25, 0.3) is 11.6 Å². The van der Waals surface area contributed by atoms with E-state index in [-0.39, 0.29) is 17.8 Å². The van der Waals surface area contributed by atoms with Crippen LogP contribution in [-0.2, 0) is 20.7 Å². The molecule has 0 atom stereocenters. The summed E-state index contributed by atoms with van der Waals surface area (Å²) in [4.78, 5) is 34.8. The molecule has 0 aliphatic heterocycles. The van der Waals surface area contributed by atoms with Gasteiger partial charge in [-0.05, 0) is 30.4 Å². The van der Waals surface area contributed by atoms with E-state index in [4.69, 9.17) is 4.74 Å². The van der Waals surface area contributed by atoms with Gasteiger partial charge < -0.3 is 10.1 Å². The molecule has 1 heterocycles. The van der Waals surface area contributed by atoms with Gasteiger partial charge in [-0.1, -0.05) is 18.2 Å². The quantitative estimate of drug-likeness (QED) is 0.449. The molecule has 0 spiro atoms. The lowest BCUT2D eigenvalue weighted by Crippen LogP contribution is -2.21. The fourth-order valence-corrected chi connectivity index (χ4v) is 2.76. The maximum atomic E-state index is 11.7. The molecule has 0 fully saturated rings. The lowest BCUT2D eigenvalue weighted by molar-refractivity contribution is -0.383. The van der Waals surface area contributed by atoms with Gasteiger partial charge in [-0.25, -0.2) is 0 Å². The smallest absolute Gasteiger partial charge is 0.306 e. The van der Waals surface area contributed by atoms with Crippen molar-refractivity contribution in [3.63, 3.8) is 0 Å². The highest BCUT2D eigenvalue weighted by molar-refractivity contribution is 7.09. The zero-order valence-electron chi connectivity index (χ0n) is 12.8. The van der Waals surface area contributed by atoms with Crippen LogP contribution < -0.4 is 5.32 Å². The first-order valence-corrected chi connectivity index (χ1v) is 8.15. The van der Waals surface area contributed by atoms with Gasteiger partial charge in [0.2, 0.25) is 0 Å². The number of nitro groups is 1. The van der Waals surface area contributed by atoms with Gasteiger partial charge in [0, 0.05) is 17.4 Å². The van der Waals surface area contributed by atoms with Crippen LogP contribution in [0.4, 0.5) is 11.4 Å². The number of benzene rings is 1. The summed E-state index contributed by atoms with van der Waals surface area (Å²) in [5, 5.41) is 15.2. The van der Waals surface area contributed by atoms with Gasteiger partial charge in [-0.3, -0.25) is 19.7 Å². The molecule has 1 aromatic carbocycles. The minimum absolute atomic E-state index is 0.0706. The van der Waals surface area contributed by atoms with Crippen LogP contribution in [0, 0.1) is 10.1 Å². The van der Waals surface area contributed by atoms with E-state index in [1.807, 2.05) is 17.5 Å². The Morgan fingerprint density at radius 3 is 2.71 bits per heavy atom. The Balaban J connectivity index is 1.73. The van der Waals surface area contributed by atoms with Crippen LogP contribution in [0.1, 0.15) is 17.7 Å². The third kappa shape index (κ3) is 5.47. The molecule has 2 rings (SSSR count). The number of rotatable bonds is 8. The highest BCUT2D eigenvalue weighted by atomic mass is 32.1. The van der Waals surface area contributed by atoms with E-state index in [1.165, 1.54) is 23.1 Å². The lowest BCUT2D eigenvalue weighted by Gasteiger charge is -2.07. The topological polar surface area (TPSA) is 98.5 Å². The molecule has 0 radical (unpaired) electrons. The third-order valence-electron chi connectivity index (χ3n) is 3.12. The van der Waals surface area contributed by atoms with E-state index in [2.05, 4.69) is 5.32 Å². The number of amides is 1. The highest BCUT2D eigenvalue weighted by Gasteiger charge is 2.15. The Morgan fingerprint density at radius 2 is 2.00 bits per heavy atom. The summed E-state index contributed by atoms with van der Waals surface area (Å²) >= 11 is 1.63. The Kier molecular flexibility index (Phi) is 6.44. The lowest BCUT2D eigenvalue weighted by atomic mass is 10.2. The summed E-state index contributed by atoms with van der Waals surface area (Å²) < 4.78 is 4.88. The number of esters is 1. The number of nitrogens with one attached hydrogen (secondary N) is 1. The number of nitrogens with zero attached hydrogens (tertiary/aromatic N) is 1. The number of thiophene rings is 1. The van der Waals surface area contributed by atoms with Crippen molar-refractivity contribution >= 4 is 34.6 Å². The van der Waals surface area contributed by atoms with Crippen molar-refractivity contribution < 1.29 is 19.2 Å². The summed E-state index contributed by atoms with van der Waals surface area (Å²) in [7, 11) is 0. The molecular weight excluding hydrogens is 332 g/mol. The maximum absolute atomic E-state index is 11.7. The molecule has 7 nitrogen and oxygen atoms in total. The van der Waals surface area contributed by atoms with E-state index in [0.717, 1.165) is 6.42 Å². The van der Waals surface area contributed by atoms with Crippen molar-refractivity contribution in [2.45, 2.75) is 19.3 Å². The molecule has 1 amide bonds. The van der Waals surface area contributed by atoms with Crippen molar-refractivity contribution in [3.8, 4) is 0 Å². The molecule has 0 unspecified atom stereocenters. The molecule has 0 bridgehead atoms. The summed E-state index contributed by atoms with van der Waals surface area (Å²) in [6, 6.07) is 9.72. The van der Waals surface area contributed by atoms with Gasteiger partial charge in [0.05, 0.1) is 4.92 Å². The predicted molar refractivity (Wildman–Crippen MR) is 89.9 cm³/mol. The average Bonchev–Trinajstić information content (AvgIpc) is 3.06. The number of para-hydroxylation sites is 2. The number of anilines is 1. The Morgan fingerprint density at radius 1 is 1.21 bits per heavy atom. The van der Waals surface area contributed by atoms with Crippen molar-refractivity contribution in [3.05, 3.63) is 56.8 Å². The summed E-state index contributed by atoms with van der Waals surface area (Å²) in [6.45, 7) is -0.468. The standard InChI is InChI=1S/C16H16N2O5S/c19-15(17-13-7-1-2-8-14(13)18(21)22)11-23-16(20)9-3-5-12-6-4-10-24-12/h1-2,4,6-8,10H,3,5,9,11H2,(H,17,19). The normalized spacial score (nSPS) is 10.2. The molecule has 0 aliphatic carbocycles. The molecule has 24 heavy (non-hydrogen) atoms. The number of nitro benzene ring substituents is 1. The third-order valence-corrected chi connectivity index (χ3v) is 4.06. The summed E-state index contributed by atoms with van der Waals surface area (Å²) in [5.74, 6) is -1.08. The Hall–Kier alpha value is -2.74. The molecule has 0 saturated heterocycles. The first kappa shape index (κ1) is 17.6. The van der Waals surface area contributed by atoms with Crippen LogP contribution >= 0.6 is 11.3 Å². The van der Waals surface area contributed by atoms with Crippen LogP contribution in [-0.4, -0.2) is 23.4 Å². The van der Waals surface area contributed by atoms with Crippen molar-refractivity contribution in [2.24, 2.45) is 0 Å². The molecule has 1 aromatic heterocycles. The van der Waals surface area contributed by atoms with Crippen LogP contribution in [0.5, 0.6) is 0 Å². The molecule has 126 valence electrons. The van der Waals surface area contributed by atoms with E-state index < -0.39 is 23.4 Å². The largest absolute Gasteiger partial charge is 0.456 e. The Bertz CT molecular complexity index is 715. The zero-order chi connectivity index (χ0) is 17.4. The molecule has 0 aliphatic rings. The fourth-order valence-electron chi connectivity index (χ4n) is 2.00. The number of ether oxygens (including phenoxy) is 1. The zero-order valence-corrected chi connectivity index (χ0v) is 13.6. The average molecular weight is 348 g/mol. The molecule has 1 N–H and O–H groups in total.